The highest BCUT2D eigenvalue weighted by atomic mass is 16.3. The van der Waals surface area contributed by atoms with E-state index in [0.717, 1.165) is 11.3 Å². The van der Waals surface area contributed by atoms with E-state index in [1.807, 2.05) is 91.9 Å². The maximum absolute atomic E-state index is 11.6. The first-order chi connectivity index (χ1) is 12.1. The Morgan fingerprint density at radius 1 is 0.840 bits per heavy atom. The molecular weight excluding hydrogens is 308 g/mol. The fourth-order valence-electron chi connectivity index (χ4n) is 2.93. The van der Waals surface area contributed by atoms with Crippen molar-refractivity contribution < 1.29 is 5.11 Å². The summed E-state index contributed by atoms with van der Waals surface area (Å²) in [6.07, 6.45) is 0. The van der Waals surface area contributed by atoms with Gasteiger partial charge >= 0.3 is 0 Å². The SMILES string of the molecule is Cc1ccc(NC(C#N)C(O)(c2ccccc2)c2ccccc2)cc1. The fraction of sp³-hybridized carbons (Fsp3) is 0.136. The molecular formula is C22H20N2O. The second kappa shape index (κ2) is 7.21. The number of aliphatic hydroxyl groups is 1. The molecule has 3 aromatic carbocycles. The van der Waals surface area contributed by atoms with E-state index in [2.05, 4.69) is 11.4 Å². The average molecular weight is 328 g/mol. The van der Waals surface area contributed by atoms with Crippen LogP contribution < -0.4 is 5.32 Å². The topological polar surface area (TPSA) is 56.0 Å². The van der Waals surface area contributed by atoms with Crippen molar-refractivity contribution in [3.63, 3.8) is 0 Å². The monoisotopic (exact) mass is 328 g/mol. The third kappa shape index (κ3) is 3.40. The van der Waals surface area contributed by atoms with Crippen molar-refractivity contribution in [2.45, 2.75) is 18.6 Å². The highest BCUT2D eigenvalue weighted by Crippen LogP contribution is 2.34. The van der Waals surface area contributed by atoms with E-state index >= 15 is 0 Å². The van der Waals surface area contributed by atoms with Gasteiger partial charge in [0.25, 0.3) is 0 Å². The molecule has 1 atom stereocenters. The minimum absolute atomic E-state index is 0.673. The number of hydrogen-bond acceptors (Lipinski definition) is 3. The quantitative estimate of drug-likeness (QED) is 0.737. The smallest absolute Gasteiger partial charge is 0.152 e. The molecule has 0 radical (unpaired) electrons. The number of benzene rings is 3. The maximum atomic E-state index is 11.6. The molecule has 124 valence electrons. The lowest BCUT2D eigenvalue weighted by molar-refractivity contribution is 0.0754. The molecule has 0 aliphatic heterocycles. The minimum Gasteiger partial charge on any atom is -0.377 e. The minimum atomic E-state index is -1.47. The van der Waals surface area contributed by atoms with Crippen LogP contribution in [0.4, 0.5) is 5.69 Å². The van der Waals surface area contributed by atoms with E-state index in [1.165, 1.54) is 0 Å². The number of hydrogen-bond donors (Lipinski definition) is 2. The molecule has 0 fully saturated rings. The average Bonchev–Trinajstić information content (AvgIpc) is 2.68. The van der Waals surface area contributed by atoms with Gasteiger partial charge in [-0.25, -0.2) is 0 Å². The van der Waals surface area contributed by atoms with Gasteiger partial charge < -0.3 is 10.4 Å². The van der Waals surface area contributed by atoms with Gasteiger partial charge in [0.1, 0.15) is 5.60 Å². The predicted octanol–water partition coefficient (Wildman–Crippen LogP) is 4.24. The molecule has 0 saturated heterocycles. The molecule has 0 aliphatic rings. The zero-order valence-corrected chi connectivity index (χ0v) is 14.1. The first-order valence-corrected chi connectivity index (χ1v) is 8.21. The van der Waals surface area contributed by atoms with Gasteiger partial charge in [-0.2, -0.15) is 5.26 Å². The van der Waals surface area contributed by atoms with Crippen molar-refractivity contribution in [3.05, 3.63) is 102 Å². The first kappa shape index (κ1) is 16.8. The van der Waals surface area contributed by atoms with Crippen molar-refractivity contribution in [2.75, 3.05) is 5.32 Å². The summed E-state index contributed by atoms with van der Waals surface area (Å²) < 4.78 is 0. The first-order valence-electron chi connectivity index (χ1n) is 8.21. The summed E-state index contributed by atoms with van der Waals surface area (Å²) in [5.41, 5.74) is 1.81. The summed E-state index contributed by atoms with van der Waals surface area (Å²) in [5.74, 6) is 0. The van der Waals surface area contributed by atoms with Crippen molar-refractivity contribution >= 4 is 5.69 Å². The lowest BCUT2D eigenvalue weighted by Gasteiger charge is -2.34. The van der Waals surface area contributed by atoms with E-state index in [9.17, 15) is 10.4 Å². The van der Waals surface area contributed by atoms with Gasteiger partial charge in [0.2, 0.25) is 0 Å². The molecule has 3 nitrogen and oxygen atoms in total. The molecule has 0 aromatic heterocycles. The second-order valence-corrected chi connectivity index (χ2v) is 6.07. The van der Waals surface area contributed by atoms with Crippen LogP contribution in [-0.2, 0) is 5.60 Å². The molecule has 1 unspecified atom stereocenters. The molecule has 25 heavy (non-hydrogen) atoms. The van der Waals surface area contributed by atoms with Crippen LogP contribution in [0.25, 0.3) is 0 Å². The number of nitrogens with one attached hydrogen (secondary N) is 1. The molecule has 0 saturated carbocycles. The van der Waals surface area contributed by atoms with Crippen molar-refractivity contribution in [1.82, 2.24) is 0 Å². The van der Waals surface area contributed by atoms with Crippen LogP contribution in [0.5, 0.6) is 0 Å². The largest absolute Gasteiger partial charge is 0.377 e. The summed E-state index contributed by atoms with van der Waals surface area (Å²) in [6.45, 7) is 2.01. The number of anilines is 1. The van der Waals surface area contributed by atoms with Crippen LogP contribution in [0.3, 0.4) is 0 Å². The van der Waals surface area contributed by atoms with Gasteiger partial charge in [-0.1, -0.05) is 78.4 Å². The number of aryl methyl sites for hydroxylation is 1. The van der Waals surface area contributed by atoms with E-state index < -0.39 is 11.6 Å². The lowest BCUT2D eigenvalue weighted by Crippen LogP contribution is -2.44. The summed E-state index contributed by atoms with van der Waals surface area (Å²) in [5, 5.41) is 24.7. The second-order valence-electron chi connectivity index (χ2n) is 6.07. The van der Waals surface area contributed by atoms with E-state index in [1.54, 1.807) is 0 Å². The Morgan fingerprint density at radius 3 is 1.76 bits per heavy atom. The summed E-state index contributed by atoms with van der Waals surface area (Å²) in [6, 6.07) is 27.8. The fourth-order valence-corrected chi connectivity index (χ4v) is 2.93. The number of rotatable bonds is 5. The Kier molecular flexibility index (Phi) is 4.83. The van der Waals surface area contributed by atoms with Crippen molar-refractivity contribution in [3.8, 4) is 6.07 Å². The normalized spacial score (nSPS) is 12.2. The van der Waals surface area contributed by atoms with E-state index in [-0.39, 0.29) is 0 Å². The Labute approximate surface area is 148 Å². The third-order valence-corrected chi connectivity index (χ3v) is 4.34. The van der Waals surface area contributed by atoms with E-state index in [0.29, 0.717) is 11.1 Å². The molecule has 0 bridgehead atoms. The maximum Gasteiger partial charge on any atom is 0.152 e. The molecule has 2 N–H and O–H groups in total. The van der Waals surface area contributed by atoms with Crippen LogP contribution in [0, 0.1) is 18.3 Å². The summed E-state index contributed by atoms with van der Waals surface area (Å²) in [4.78, 5) is 0. The van der Waals surface area contributed by atoms with Crippen LogP contribution in [-0.4, -0.2) is 11.1 Å². The Bertz CT molecular complexity index is 813. The predicted molar refractivity (Wildman–Crippen MR) is 100 cm³/mol. The third-order valence-electron chi connectivity index (χ3n) is 4.34. The summed E-state index contributed by atoms with van der Waals surface area (Å²) >= 11 is 0. The highest BCUT2D eigenvalue weighted by Gasteiger charge is 2.40. The molecule has 3 heteroatoms. The van der Waals surface area contributed by atoms with Crippen LogP contribution in [0.2, 0.25) is 0 Å². The van der Waals surface area contributed by atoms with Gasteiger partial charge in [0.15, 0.2) is 6.04 Å². The molecule has 0 heterocycles. The van der Waals surface area contributed by atoms with Crippen molar-refractivity contribution in [1.29, 1.82) is 5.26 Å². The highest BCUT2D eigenvalue weighted by molar-refractivity contribution is 5.51. The number of nitrogens with zero attached hydrogens (tertiary/aromatic N) is 1. The van der Waals surface area contributed by atoms with E-state index in [4.69, 9.17) is 0 Å². The molecule has 0 aliphatic carbocycles. The summed E-state index contributed by atoms with van der Waals surface area (Å²) in [7, 11) is 0. The molecule has 0 amide bonds. The van der Waals surface area contributed by atoms with Crippen molar-refractivity contribution in [2.24, 2.45) is 0 Å². The zero-order chi connectivity index (χ0) is 17.7. The molecule has 3 aromatic rings. The van der Waals surface area contributed by atoms with Crippen LogP contribution >= 0.6 is 0 Å². The Morgan fingerprint density at radius 2 is 1.32 bits per heavy atom. The van der Waals surface area contributed by atoms with Gasteiger partial charge in [-0.3, -0.25) is 0 Å². The van der Waals surface area contributed by atoms with Crippen LogP contribution in [0.15, 0.2) is 84.9 Å². The van der Waals surface area contributed by atoms with Gasteiger partial charge in [0, 0.05) is 5.69 Å². The molecule has 3 rings (SSSR count). The zero-order valence-electron chi connectivity index (χ0n) is 14.1. The van der Waals surface area contributed by atoms with Crippen LogP contribution in [0.1, 0.15) is 16.7 Å². The number of nitriles is 1. The van der Waals surface area contributed by atoms with Gasteiger partial charge in [-0.15, -0.1) is 0 Å². The van der Waals surface area contributed by atoms with Gasteiger partial charge in [0.05, 0.1) is 6.07 Å². The molecule has 0 spiro atoms. The van der Waals surface area contributed by atoms with Gasteiger partial charge in [-0.05, 0) is 30.2 Å². The Balaban J connectivity index is 2.06. The Hall–Kier alpha value is -3.09. The standard InChI is InChI=1S/C22H20N2O/c1-17-12-14-20(15-13-17)24-21(16-23)22(25,18-8-4-2-5-9-18)19-10-6-3-7-11-19/h2-15,21,24-25H,1H3. The lowest BCUT2D eigenvalue weighted by atomic mass is 9.80.